The second-order valence-corrected chi connectivity index (χ2v) is 8.46. The first-order chi connectivity index (χ1) is 14.1. The van der Waals surface area contributed by atoms with Gasteiger partial charge in [-0.05, 0) is 43.4 Å². The molecular formula is C20H22N6O2S. The number of fused-ring (bicyclic) bond motifs is 2. The molecule has 1 amide bonds. The molecule has 1 spiro atoms. The van der Waals surface area contributed by atoms with Crippen LogP contribution in [0.5, 0.6) is 0 Å². The highest BCUT2D eigenvalue weighted by Gasteiger charge is 2.40. The van der Waals surface area contributed by atoms with Gasteiger partial charge in [0, 0.05) is 23.4 Å². The number of ether oxygens (including phenoxy) is 1. The number of carbonyl (C=O) groups excluding carboxylic acids is 1. The summed E-state index contributed by atoms with van der Waals surface area (Å²) in [6.07, 6.45) is 5.44. The van der Waals surface area contributed by atoms with Gasteiger partial charge in [0.05, 0.1) is 30.0 Å². The number of nitrogens with zero attached hydrogens (tertiary/aromatic N) is 5. The molecule has 8 nitrogen and oxygen atoms in total. The maximum atomic E-state index is 11.4. The number of rotatable bonds is 3. The Morgan fingerprint density at radius 2 is 2.07 bits per heavy atom. The largest absolute Gasteiger partial charge is 0.367 e. The van der Waals surface area contributed by atoms with E-state index in [1.54, 1.807) is 24.2 Å². The van der Waals surface area contributed by atoms with Crippen molar-refractivity contribution in [1.82, 2.24) is 19.7 Å². The molecule has 2 N–H and O–H groups in total. The van der Waals surface area contributed by atoms with Crippen molar-refractivity contribution in [3.63, 3.8) is 0 Å². The third-order valence-electron chi connectivity index (χ3n) is 5.88. The summed E-state index contributed by atoms with van der Waals surface area (Å²) in [6.45, 7) is 2.78. The minimum absolute atomic E-state index is 0.266. The fourth-order valence-corrected chi connectivity index (χ4v) is 4.64. The van der Waals surface area contributed by atoms with Gasteiger partial charge in [-0.1, -0.05) is 0 Å². The van der Waals surface area contributed by atoms with E-state index >= 15 is 0 Å². The van der Waals surface area contributed by atoms with E-state index in [9.17, 15) is 4.79 Å². The van der Waals surface area contributed by atoms with E-state index in [0.717, 1.165) is 48.3 Å². The van der Waals surface area contributed by atoms with Gasteiger partial charge in [0.2, 0.25) is 0 Å². The summed E-state index contributed by atoms with van der Waals surface area (Å²) in [5, 5.41) is 5.45. The van der Waals surface area contributed by atoms with E-state index in [4.69, 9.17) is 10.5 Å². The average molecular weight is 411 g/mol. The van der Waals surface area contributed by atoms with E-state index in [1.807, 2.05) is 4.68 Å². The Kier molecular flexibility index (Phi) is 4.44. The molecule has 5 rings (SSSR count). The number of amides is 1. The SMILES string of the molecule is CSc1ccc2ncnc(N3CCC4(CC3)Cn3nc(C(N)=O)cc3CO4)c2c1. The molecule has 0 bridgehead atoms. The van der Waals surface area contributed by atoms with Crippen molar-refractivity contribution >= 4 is 34.4 Å². The maximum absolute atomic E-state index is 11.4. The van der Waals surface area contributed by atoms with Gasteiger partial charge in [0.1, 0.15) is 17.8 Å². The lowest BCUT2D eigenvalue weighted by molar-refractivity contribution is -0.106. The zero-order valence-electron chi connectivity index (χ0n) is 16.2. The highest BCUT2D eigenvalue weighted by Crippen LogP contribution is 2.36. The van der Waals surface area contributed by atoms with Gasteiger partial charge in [-0.2, -0.15) is 5.10 Å². The Hall–Kier alpha value is -2.65. The summed E-state index contributed by atoms with van der Waals surface area (Å²) >= 11 is 1.72. The van der Waals surface area contributed by atoms with Crippen LogP contribution in [0.15, 0.2) is 35.5 Å². The van der Waals surface area contributed by atoms with Crippen LogP contribution >= 0.6 is 11.8 Å². The summed E-state index contributed by atoms with van der Waals surface area (Å²) < 4.78 is 8.14. The molecule has 2 aliphatic rings. The number of hydrogen-bond acceptors (Lipinski definition) is 7. The van der Waals surface area contributed by atoms with Gasteiger partial charge in [-0.3, -0.25) is 9.48 Å². The Morgan fingerprint density at radius 3 is 2.83 bits per heavy atom. The summed E-state index contributed by atoms with van der Waals surface area (Å²) in [5.41, 5.74) is 7.26. The summed E-state index contributed by atoms with van der Waals surface area (Å²) in [7, 11) is 0. The van der Waals surface area contributed by atoms with Crippen molar-refractivity contribution < 1.29 is 9.53 Å². The highest BCUT2D eigenvalue weighted by molar-refractivity contribution is 7.98. The van der Waals surface area contributed by atoms with Crippen molar-refractivity contribution in [3.05, 3.63) is 42.0 Å². The molecule has 2 aliphatic heterocycles. The predicted molar refractivity (Wildman–Crippen MR) is 111 cm³/mol. The van der Waals surface area contributed by atoms with Crippen LogP contribution in [-0.2, 0) is 17.9 Å². The van der Waals surface area contributed by atoms with Gasteiger partial charge < -0.3 is 15.4 Å². The second kappa shape index (κ2) is 7.00. The van der Waals surface area contributed by atoms with Crippen molar-refractivity contribution in [2.24, 2.45) is 5.73 Å². The van der Waals surface area contributed by atoms with Crippen LogP contribution in [0.25, 0.3) is 10.9 Å². The van der Waals surface area contributed by atoms with E-state index in [2.05, 4.69) is 44.4 Å². The van der Waals surface area contributed by atoms with Gasteiger partial charge >= 0.3 is 0 Å². The van der Waals surface area contributed by atoms with Crippen LogP contribution < -0.4 is 10.6 Å². The molecule has 3 aromatic rings. The van der Waals surface area contributed by atoms with Crippen LogP contribution in [0, 0.1) is 0 Å². The first-order valence-electron chi connectivity index (χ1n) is 9.61. The number of aromatic nitrogens is 4. The van der Waals surface area contributed by atoms with Crippen molar-refractivity contribution in [2.45, 2.75) is 36.5 Å². The van der Waals surface area contributed by atoms with E-state index in [1.165, 1.54) is 4.90 Å². The molecule has 1 saturated heterocycles. The number of hydrogen-bond donors (Lipinski definition) is 1. The normalized spacial score (nSPS) is 18.2. The van der Waals surface area contributed by atoms with Crippen molar-refractivity contribution in [2.75, 3.05) is 24.2 Å². The number of thioether (sulfide) groups is 1. The van der Waals surface area contributed by atoms with E-state index in [0.29, 0.717) is 18.8 Å². The minimum Gasteiger partial charge on any atom is -0.367 e. The quantitative estimate of drug-likeness (QED) is 0.661. The molecule has 0 saturated carbocycles. The molecule has 0 atom stereocenters. The van der Waals surface area contributed by atoms with Crippen LogP contribution in [0.1, 0.15) is 29.0 Å². The number of nitrogens with two attached hydrogens (primary N) is 1. The van der Waals surface area contributed by atoms with Crippen LogP contribution in [-0.4, -0.2) is 50.6 Å². The third kappa shape index (κ3) is 3.24. The molecular weight excluding hydrogens is 388 g/mol. The Bertz CT molecular complexity index is 1090. The molecule has 1 fully saturated rings. The molecule has 0 radical (unpaired) electrons. The minimum atomic E-state index is -0.504. The van der Waals surface area contributed by atoms with Gasteiger partial charge in [0.25, 0.3) is 5.91 Å². The first-order valence-corrected chi connectivity index (χ1v) is 10.8. The third-order valence-corrected chi connectivity index (χ3v) is 6.60. The Balaban J connectivity index is 1.37. The second-order valence-electron chi connectivity index (χ2n) is 7.58. The first kappa shape index (κ1) is 18.4. The van der Waals surface area contributed by atoms with E-state index < -0.39 is 5.91 Å². The number of carbonyl (C=O) groups is 1. The molecule has 0 unspecified atom stereocenters. The lowest BCUT2D eigenvalue weighted by Crippen LogP contribution is -2.51. The number of anilines is 1. The molecule has 29 heavy (non-hydrogen) atoms. The van der Waals surface area contributed by atoms with Gasteiger partial charge in [-0.15, -0.1) is 11.8 Å². The zero-order chi connectivity index (χ0) is 20.0. The van der Waals surface area contributed by atoms with Gasteiger partial charge in [-0.25, -0.2) is 9.97 Å². The predicted octanol–water partition coefficient (Wildman–Crippen LogP) is 2.22. The van der Waals surface area contributed by atoms with Gasteiger partial charge in [0.15, 0.2) is 0 Å². The van der Waals surface area contributed by atoms with E-state index in [-0.39, 0.29) is 5.60 Å². The Morgan fingerprint density at radius 1 is 1.24 bits per heavy atom. The van der Waals surface area contributed by atoms with Crippen molar-refractivity contribution in [1.29, 1.82) is 0 Å². The smallest absolute Gasteiger partial charge is 0.269 e. The molecule has 1 aromatic carbocycles. The number of benzene rings is 1. The lowest BCUT2D eigenvalue weighted by atomic mass is 9.90. The molecule has 2 aromatic heterocycles. The monoisotopic (exact) mass is 410 g/mol. The fraction of sp³-hybridized carbons (Fsp3) is 0.400. The zero-order valence-corrected chi connectivity index (χ0v) is 17.0. The summed E-state index contributed by atoms with van der Waals surface area (Å²) in [6, 6.07) is 8.03. The molecule has 150 valence electrons. The standard InChI is InChI=1S/C20H22N6O2S/c1-29-14-2-3-16-15(9-14)19(23-12-22-16)25-6-4-20(5-7-25)11-26-13(10-28-20)8-17(24-26)18(21)27/h2-3,8-9,12H,4-7,10-11H2,1H3,(H2,21,27). The summed E-state index contributed by atoms with van der Waals surface area (Å²) in [5.74, 6) is 0.475. The molecule has 4 heterocycles. The molecule has 9 heteroatoms. The average Bonchev–Trinajstić information content (AvgIpc) is 3.17. The fourth-order valence-electron chi connectivity index (χ4n) is 4.20. The molecule has 0 aliphatic carbocycles. The highest BCUT2D eigenvalue weighted by atomic mass is 32.2. The topological polar surface area (TPSA) is 99.2 Å². The number of primary amides is 1. The van der Waals surface area contributed by atoms with Crippen LogP contribution in [0.4, 0.5) is 5.82 Å². The van der Waals surface area contributed by atoms with Crippen LogP contribution in [0.2, 0.25) is 0 Å². The summed E-state index contributed by atoms with van der Waals surface area (Å²) in [4.78, 5) is 24.0. The lowest BCUT2D eigenvalue weighted by Gasteiger charge is -2.44. The maximum Gasteiger partial charge on any atom is 0.269 e. The van der Waals surface area contributed by atoms with Crippen LogP contribution in [0.3, 0.4) is 0 Å². The Labute approximate surface area is 172 Å². The number of piperidine rings is 1. The van der Waals surface area contributed by atoms with Crippen molar-refractivity contribution in [3.8, 4) is 0 Å².